The maximum atomic E-state index is 12.2. The number of carbonyl (C=O) groups is 1. The van der Waals surface area contributed by atoms with Crippen LogP contribution >= 0.6 is 0 Å². The molecule has 0 atom stereocenters. The van der Waals surface area contributed by atoms with E-state index in [-0.39, 0.29) is 5.91 Å². The van der Waals surface area contributed by atoms with Crippen LogP contribution in [0.5, 0.6) is 0 Å². The summed E-state index contributed by atoms with van der Waals surface area (Å²) in [6.07, 6.45) is 3.13. The largest absolute Gasteiger partial charge is 0.339 e. The molecule has 2 rings (SSSR count). The van der Waals surface area contributed by atoms with E-state index in [0.29, 0.717) is 24.6 Å². The lowest BCUT2D eigenvalue weighted by atomic mass is 10.1. The van der Waals surface area contributed by atoms with Crippen molar-refractivity contribution in [3.8, 4) is 0 Å². The predicted molar refractivity (Wildman–Crippen MR) is 88.5 cm³/mol. The van der Waals surface area contributed by atoms with Crippen molar-refractivity contribution in [3.63, 3.8) is 0 Å². The second kappa shape index (κ2) is 7.02. The van der Waals surface area contributed by atoms with Gasteiger partial charge in [-0.2, -0.15) is 0 Å². The first-order valence-corrected chi connectivity index (χ1v) is 7.50. The van der Waals surface area contributed by atoms with E-state index in [1.807, 2.05) is 26.0 Å². The number of benzene rings is 1. The van der Waals surface area contributed by atoms with Gasteiger partial charge >= 0.3 is 0 Å². The molecule has 5 nitrogen and oxygen atoms in total. The highest BCUT2D eigenvalue weighted by molar-refractivity contribution is 5.93. The molecule has 22 heavy (non-hydrogen) atoms. The molecule has 0 aliphatic heterocycles. The molecule has 116 valence electrons. The monoisotopic (exact) mass is 298 g/mol. The van der Waals surface area contributed by atoms with Crippen molar-refractivity contribution in [1.82, 2.24) is 14.9 Å². The fourth-order valence-electron chi connectivity index (χ4n) is 2.14. The molecule has 0 bridgehead atoms. The average Bonchev–Trinajstić information content (AvgIpc) is 2.53. The van der Waals surface area contributed by atoms with E-state index in [1.54, 1.807) is 17.3 Å². The molecule has 1 amide bonds. The Bertz CT molecular complexity index is 648. The van der Waals surface area contributed by atoms with Crippen LogP contribution in [0.2, 0.25) is 0 Å². The van der Waals surface area contributed by atoms with Crippen LogP contribution in [0, 0.1) is 13.8 Å². The van der Waals surface area contributed by atoms with Crippen LogP contribution in [-0.2, 0) is 0 Å². The van der Waals surface area contributed by atoms with E-state index in [1.165, 1.54) is 11.1 Å². The zero-order valence-corrected chi connectivity index (χ0v) is 13.6. The van der Waals surface area contributed by atoms with E-state index in [2.05, 4.69) is 35.2 Å². The van der Waals surface area contributed by atoms with Crippen LogP contribution in [0.4, 0.5) is 11.6 Å². The van der Waals surface area contributed by atoms with Gasteiger partial charge in [-0.3, -0.25) is 4.79 Å². The number of carbonyl (C=O) groups excluding carboxylic acids is 1. The highest BCUT2D eigenvalue weighted by Gasteiger charge is 2.13. The van der Waals surface area contributed by atoms with Gasteiger partial charge in [0.1, 0.15) is 0 Å². The summed E-state index contributed by atoms with van der Waals surface area (Å²) < 4.78 is 0. The number of amides is 1. The molecule has 1 aromatic heterocycles. The number of rotatable bonds is 5. The lowest BCUT2D eigenvalue weighted by Crippen LogP contribution is -2.30. The van der Waals surface area contributed by atoms with Crippen LogP contribution in [0.15, 0.2) is 30.6 Å². The second-order valence-corrected chi connectivity index (χ2v) is 5.20. The first kappa shape index (κ1) is 15.9. The van der Waals surface area contributed by atoms with Gasteiger partial charge in [-0.15, -0.1) is 0 Å². The molecule has 0 unspecified atom stereocenters. The molecule has 0 spiro atoms. The van der Waals surface area contributed by atoms with Gasteiger partial charge in [-0.05, 0) is 51.0 Å². The lowest BCUT2D eigenvalue weighted by molar-refractivity contribution is 0.0772. The highest BCUT2D eigenvalue weighted by atomic mass is 16.2. The molecule has 0 aliphatic rings. The SMILES string of the molecule is CCN(CC)C(=O)c1cnc(Nc2ccc(C)c(C)c2)nc1. The summed E-state index contributed by atoms with van der Waals surface area (Å²) >= 11 is 0. The Morgan fingerprint density at radius 3 is 2.27 bits per heavy atom. The molecule has 1 aromatic carbocycles. The van der Waals surface area contributed by atoms with E-state index in [4.69, 9.17) is 0 Å². The maximum absolute atomic E-state index is 12.2. The second-order valence-electron chi connectivity index (χ2n) is 5.20. The third-order valence-electron chi connectivity index (χ3n) is 3.71. The van der Waals surface area contributed by atoms with Crippen molar-refractivity contribution in [1.29, 1.82) is 0 Å². The smallest absolute Gasteiger partial charge is 0.256 e. The summed E-state index contributed by atoms with van der Waals surface area (Å²) in [5, 5.41) is 3.15. The third kappa shape index (κ3) is 3.61. The van der Waals surface area contributed by atoms with Crippen LogP contribution < -0.4 is 5.32 Å². The Hall–Kier alpha value is -2.43. The Morgan fingerprint density at radius 2 is 1.73 bits per heavy atom. The molecule has 1 N–H and O–H groups in total. The van der Waals surface area contributed by atoms with Gasteiger partial charge < -0.3 is 10.2 Å². The Balaban J connectivity index is 2.11. The average molecular weight is 298 g/mol. The quantitative estimate of drug-likeness (QED) is 0.920. The third-order valence-corrected chi connectivity index (χ3v) is 3.71. The zero-order chi connectivity index (χ0) is 16.1. The molecule has 1 heterocycles. The maximum Gasteiger partial charge on any atom is 0.256 e. The molecule has 0 radical (unpaired) electrons. The van der Waals surface area contributed by atoms with Gasteiger partial charge in [0, 0.05) is 31.2 Å². The number of nitrogens with zero attached hydrogens (tertiary/aromatic N) is 3. The first-order chi connectivity index (χ1) is 10.5. The molecular formula is C17H22N4O. The van der Waals surface area contributed by atoms with Crippen LogP contribution in [-0.4, -0.2) is 33.9 Å². The van der Waals surface area contributed by atoms with Crippen LogP contribution in [0.1, 0.15) is 35.3 Å². The first-order valence-electron chi connectivity index (χ1n) is 7.50. The summed E-state index contributed by atoms with van der Waals surface area (Å²) in [6.45, 7) is 9.40. The molecule has 0 aliphatic carbocycles. The minimum atomic E-state index is -0.0391. The van der Waals surface area contributed by atoms with Crippen molar-refractivity contribution in [2.24, 2.45) is 0 Å². The number of hydrogen-bond donors (Lipinski definition) is 1. The van der Waals surface area contributed by atoms with Crippen molar-refractivity contribution in [3.05, 3.63) is 47.3 Å². The topological polar surface area (TPSA) is 58.1 Å². The minimum Gasteiger partial charge on any atom is -0.339 e. The van der Waals surface area contributed by atoms with Crippen molar-refractivity contribution >= 4 is 17.5 Å². The van der Waals surface area contributed by atoms with Gasteiger partial charge in [-0.25, -0.2) is 9.97 Å². The molecule has 0 saturated heterocycles. The normalized spacial score (nSPS) is 10.4. The molecule has 5 heteroatoms. The standard InChI is InChI=1S/C17H22N4O/c1-5-21(6-2)16(22)14-10-18-17(19-11-14)20-15-8-7-12(3)13(4)9-15/h7-11H,5-6H2,1-4H3,(H,18,19,20). The van der Waals surface area contributed by atoms with Gasteiger partial charge in [-0.1, -0.05) is 6.07 Å². The molecule has 2 aromatic rings. The summed E-state index contributed by atoms with van der Waals surface area (Å²) in [7, 11) is 0. The van der Waals surface area contributed by atoms with Gasteiger partial charge in [0.2, 0.25) is 5.95 Å². The molecular weight excluding hydrogens is 276 g/mol. The van der Waals surface area contributed by atoms with Crippen molar-refractivity contribution in [2.45, 2.75) is 27.7 Å². The summed E-state index contributed by atoms with van der Waals surface area (Å²) in [5.41, 5.74) is 3.89. The minimum absolute atomic E-state index is 0.0391. The Kier molecular flexibility index (Phi) is 5.09. The number of aryl methyl sites for hydroxylation is 2. The van der Waals surface area contributed by atoms with E-state index >= 15 is 0 Å². The number of aromatic nitrogens is 2. The highest BCUT2D eigenvalue weighted by Crippen LogP contribution is 2.17. The summed E-state index contributed by atoms with van der Waals surface area (Å²) in [6, 6.07) is 6.09. The van der Waals surface area contributed by atoms with Crippen molar-refractivity contribution < 1.29 is 4.79 Å². The van der Waals surface area contributed by atoms with Gasteiger partial charge in [0.05, 0.1) is 5.56 Å². The van der Waals surface area contributed by atoms with E-state index < -0.39 is 0 Å². The summed E-state index contributed by atoms with van der Waals surface area (Å²) in [5.74, 6) is 0.446. The number of hydrogen-bond acceptors (Lipinski definition) is 4. The van der Waals surface area contributed by atoms with E-state index in [9.17, 15) is 4.79 Å². The number of nitrogens with one attached hydrogen (secondary N) is 1. The van der Waals surface area contributed by atoms with Crippen molar-refractivity contribution in [2.75, 3.05) is 18.4 Å². The Morgan fingerprint density at radius 1 is 1.09 bits per heavy atom. The lowest BCUT2D eigenvalue weighted by Gasteiger charge is -2.18. The Labute approximate surface area is 131 Å². The number of anilines is 2. The van der Waals surface area contributed by atoms with Gasteiger partial charge in [0.15, 0.2) is 0 Å². The fraction of sp³-hybridized carbons (Fsp3) is 0.353. The molecule has 0 fully saturated rings. The fourth-order valence-corrected chi connectivity index (χ4v) is 2.14. The van der Waals surface area contributed by atoms with Crippen LogP contribution in [0.25, 0.3) is 0 Å². The predicted octanol–water partition coefficient (Wildman–Crippen LogP) is 3.32. The van der Waals surface area contributed by atoms with Gasteiger partial charge in [0.25, 0.3) is 5.91 Å². The summed E-state index contributed by atoms with van der Waals surface area (Å²) in [4.78, 5) is 22.4. The van der Waals surface area contributed by atoms with Crippen LogP contribution in [0.3, 0.4) is 0 Å². The zero-order valence-electron chi connectivity index (χ0n) is 13.6. The molecule has 0 saturated carbocycles. The van der Waals surface area contributed by atoms with E-state index in [0.717, 1.165) is 5.69 Å².